The number of unbranched alkanes of at least 4 members (excludes halogenated alkanes) is 1. The van der Waals surface area contributed by atoms with Gasteiger partial charge in [0.1, 0.15) is 0 Å². The van der Waals surface area contributed by atoms with Gasteiger partial charge in [-0.15, -0.1) is 0 Å². The fourth-order valence-corrected chi connectivity index (χ4v) is 0.988. The van der Waals surface area contributed by atoms with Gasteiger partial charge in [-0.05, 0) is 13.3 Å². The first-order chi connectivity index (χ1) is 6.24. The third-order valence-corrected chi connectivity index (χ3v) is 1.75. The molecule has 0 aliphatic carbocycles. The van der Waals surface area contributed by atoms with E-state index in [1.54, 1.807) is 6.92 Å². The van der Waals surface area contributed by atoms with Crippen molar-refractivity contribution in [3.8, 4) is 0 Å². The summed E-state index contributed by atoms with van der Waals surface area (Å²) in [4.78, 5) is 11.2. The summed E-state index contributed by atoms with van der Waals surface area (Å²) in [7, 11) is 0. The number of carbonyl (C=O) groups excluding carboxylic acids is 1. The van der Waals surface area contributed by atoms with Crippen molar-refractivity contribution in [1.82, 2.24) is 0 Å². The van der Waals surface area contributed by atoms with Crippen molar-refractivity contribution in [3.63, 3.8) is 0 Å². The van der Waals surface area contributed by atoms with Crippen LogP contribution in [0, 0.1) is 6.29 Å². The summed E-state index contributed by atoms with van der Waals surface area (Å²) in [5.41, 5.74) is 0. The molecule has 0 saturated carbocycles. The number of esters is 1. The van der Waals surface area contributed by atoms with Crippen molar-refractivity contribution in [2.75, 3.05) is 13.2 Å². The molecular weight excluding hydrogens is 172 g/mol. The number of ether oxygens (including phenoxy) is 3. The summed E-state index contributed by atoms with van der Waals surface area (Å²) in [5, 5.41) is 0. The molecule has 1 heterocycles. The van der Waals surface area contributed by atoms with Gasteiger partial charge in [-0.1, -0.05) is 13.3 Å². The molecule has 75 valence electrons. The lowest BCUT2D eigenvalue weighted by molar-refractivity contribution is -0.153. The Hall–Kier alpha value is -0.610. The second-order valence-electron chi connectivity index (χ2n) is 2.93. The summed E-state index contributed by atoms with van der Waals surface area (Å²) in [6.45, 7) is 4.46. The van der Waals surface area contributed by atoms with E-state index in [0.29, 0.717) is 12.9 Å². The van der Waals surface area contributed by atoms with E-state index in [4.69, 9.17) is 14.2 Å². The Kier molecular flexibility index (Phi) is 4.18. The lowest BCUT2D eigenvalue weighted by Gasteiger charge is -2.07. The molecule has 1 aliphatic heterocycles. The van der Waals surface area contributed by atoms with E-state index in [2.05, 4.69) is 0 Å². The van der Waals surface area contributed by atoms with Crippen LogP contribution in [0.3, 0.4) is 0 Å². The first-order valence-electron chi connectivity index (χ1n) is 4.53. The highest BCUT2D eigenvalue weighted by Gasteiger charge is 2.31. The van der Waals surface area contributed by atoms with Gasteiger partial charge in [0.15, 0.2) is 6.10 Å². The Morgan fingerprint density at radius 3 is 3.00 bits per heavy atom. The molecule has 1 rings (SSSR count). The van der Waals surface area contributed by atoms with E-state index in [1.807, 2.05) is 6.92 Å². The zero-order chi connectivity index (χ0) is 9.68. The highest BCUT2D eigenvalue weighted by atomic mass is 16.7. The van der Waals surface area contributed by atoms with Crippen molar-refractivity contribution in [2.24, 2.45) is 0 Å². The average Bonchev–Trinajstić information content (AvgIpc) is 2.52. The summed E-state index contributed by atoms with van der Waals surface area (Å²) in [6.07, 6.45) is 1.79. The molecule has 13 heavy (non-hydrogen) atoms. The van der Waals surface area contributed by atoms with Crippen LogP contribution in [0.5, 0.6) is 0 Å². The smallest absolute Gasteiger partial charge is 0.337 e. The second-order valence-corrected chi connectivity index (χ2v) is 2.93. The molecule has 0 aromatic rings. The molecule has 4 nitrogen and oxygen atoms in total. The third-order valence-electron chi connectivity index (χ3n) is 1.75. The van der Waals surface area contributed by atoms with Crippen LogP contribution in [0.15, 0.2) is 0 Å². The summed E-state index contributed by atoms with van der Waals surface area (Å²) >= 11 is 0. The first-order valence-corrected chi connectivity index (χ1v) is 4.53. The van der Waals surface area contributed by atoms with E-state index in [0.717, 1.165) is 12.8 Å². The van der Waals surface area contributed by atoms with E-state index in [1.165, 1.54) is 0 Å². The highest BCUT2D eigenvalue weighted by molar-refractivity contribution is 5.75. The fraction of sp³-hybridized carbons (Fsp3) is 0.778. The predicted octanol–water partition coefficient (Wildman–Crippen LogP) is 1.25. The molecule has 1 fully saturated rings. The van der Waals surface area contributed by atoms with Crippen molar-refractivity contribution >= 4 is 5.97 Å². The van der Waals surface area contributed by atoms with Gasteiger partial charge in [0.2, 0.25) is 6.29 Å². The van der Waals surface area contributed by atoms with Crippen LogP contribution in [0.25, 0.3) is 0 Å². The van der Waals surface area contributed by atoms with E-state index >= 15 is 0 Å². The normalized spacial score (nSPS) is 23.4. The van der Waals surface area contributed by atoms with Gasteiger partial charge in [0.25, 0.3) is 0 Å². The van der Waals surface area contributed by atoms with Gasteiger partial charge in [-0.25, -0.2) is 4.79 Å². The van der Waals surface area contributed by atoms with E-state index in [-0.39, 0.29) is 12.6 Å². The van der Waals surface area contributed by atoms with Crippen LogP contribution < -0.4 is 0 Å². The van der Waals surface area contributed by atoms with Crippen LogP contribution in [0.2, 0.25) is 0 Å². The molecule has 0 amide bonds. The average molecular weight is 187 g/mol. The van der Waals surface area contributed by atoms with Crippen LogP contribution in [0.4, 0.5) is 0 Å². The number of rotatable bonds is 4. The third kappa shape index (κ3) is 3.32. The molecular formula is C9H15O4. The SMILES string of the molecule is CCCCOC(=O)C1CO[C](C)O1. The van der Waals surface area contributed by atoms with Gasteiger partial charge >= 0.3 is 5.97 Å². The minimum atomic E-state index is -0.558. The zero-order valence-electron chi connectivity index (χ0n) is 8.04. The van der Waals surface area contributed by atoms with Gasteiger partial charge in [0.05, 0.1) is 13.2 Å². The van der Waals surface area contributed by atoms with Crippen LogP contribution in [0.1, 0.15) is 26.7 Å². The highest BCUT2D eigenvalue weighted by Crippen LogP contribution is 2.17. The molecule has 0 spiro atoms. The van der Waals surface area contributed by atoms with Crippen molar-refractivity contribution in [1.29, 1.82) is 0 Å². The van der Waals surface area contributed by atoms with Crippen molar-refractivity contribution in [2.45, 2.75) is 32.8 Å². The Labute approximate surface area is 78.2 Å². The fourth-order valence-electron chi connectivity index (χ4n) is 0.988. The Balaban J connectivity index is 2.16. The van der Waals surface area contributed by atoms with E-state index in [9.17, 15) is 4.79 Å². The van der Waals surface area contributed by atoms with Gasteiger partial charge in [0, 0.05) is 0 Å². The summed E-state index contributed by atoms with van der Waals surface area (Å²) in [6, 6.07) is 0. The number of hydrogen-bond acceptors (Lipinski definition) is 4. The maximum absolute atomic E-state index is 11.2. The van der Waals surface area contributed by atoms with Crippen LogP contribution >= 0.6 is 0 Å². The molecule has 1 unspecified atom stereocenters. The lowest BCUT2D eigenvalue weighted by atomic mass is 10.3. The molecule has 1 radical (unpaired) electrons. The first kappa shape index (κ1) is 10.5. The quantitative estimate of drug-likeness (QED) is 0.491. The lowest BCUT2D eigenvalue weighted by Crippen LogP contribution is -2.25. The molecule has 0 bridgehead atoms. The predicted molar refractivity (Wildman–Crippen MR) is 45.6 cm³/mol. The molecule has 1 aliphatic rings. The molecule has 0 N–H and O–H groups in total. The largest absolute Gasteiger partial charge is 0.464 e. The minimum absolute atomic E-state index is 0.275. The molecule has 0 aromatic heterocycles. The van der Waals surface area contributed by atoms with Gasteiger partial charge in [-0.3, -0.25) is 0 Å². The number of hydrogen-bond donors (Lipinski definition) is 0. The van der Waals surface area contributed by atoms with E-state index < -0.39 is 6.10 Å². The topological polar surface area (TPSA) is 44.8 Å². The van der Waals surface area contributed by atoms with Crippen molar-refractivity contribution in [3.05, 3.63) is 6.29 Å². The molecule has 1 atom stereocenters. The van der Waals surface area contributed by atoms with Gasteiger partial charge in [-0.2, -0.15) is 0 Å². The Bertz CT molecular complexity index is 169. The molecule has 4 heteroatoms. The zero-order valence-corrected chi connectivity index (χ0v) is 8.04. The molecule has 1 saturated heterocycles. The maximum Gasteiger partial charge on any atom is 0.337 e. The monoisotopic (exact) mass is 187 g/mol. The summed E-state index contributed by atoms with van der Waals surface area (Å²) in [5.74, 6) is -0.328. The standard InChI is InChI=1S/C9H15O4/c1-3-4-5-11-9(10)8-6-12-7(2)13-8/h8H,3-6H2,1-2H3. The Morgan fingerprint density at radius 2 is 2.46 bits per heavy atom. The summed E-state index contributed by atoms with van der Waals surface area (Å²) < 4.78 is 15.0. The number of carbonyl (C=O) groups is 1. The van der Waals surface area contributed by atoms with Gasteiger partial charge < -0.3 is 14.2 Å². The van der Waals surface area contributed by atoms with Crippen LogP contribution in [-0.2, 0) is 19.0 Å². The Morgan fingerprint density at radius 1 is 1.69 bits per heavy atom. The van der Waals surface area contributed by atoms with Crippen molar-refractivity contribution < 1.29 is 19.0 Å². The molecule has 0 aromatic carbocycles. The maximum atomic E-state index is 11.2. The minimum Gasteiger partial charge on any atom is -0.464 e. The second kappa shape index (κ2) is 5.19. The van der Waals surface area contributed by atoms with Crippen LogP contribution in [-0.4, -0.2) is 25.3 Å².